The molecule has 1 rings (SSSR count). The van der Waals surface area contributed by atoms with Crippen LogP contribution in [0.1, 0.15) is 0 Å². The standard InChI is InChI=1S/C7H7FINO/c1-11-5-3-2-4(10)7(9)6(5)8/h2-3H,10H2,1H3. The van der Waals surface area contributed by atoms with Crippen LogP contribution in [0.4, 0.5) is 10.1 Å². The highest BCUT2D eigenvalue weighted by atomic mass is 127. The molecule has 2 N–H and O–H groups in total. The van der Waals surface area contributed by atoms with Crippen LogP contribution >= 0.6 is 22.6 Å². The van der Waals surface area contributed by atoms with Gasteiger partial charge in [0.1, 0.15) is 0 Å². The van der Waals surface area contributed by atoms with Crippen molar-refractivity contribution in [2.75, 3.05) is 12.8 Å². The second-order valence-electron chi connectivity index (χ2n) is 1.99. The Kier molecular flexibility index (Phi) is 2.53. The van der Waals surface area contributed by atoms with E-state index in [0.717, 1.165) is 0 Å². The molecule has 0 radical (unpaired) electrons. The Balaban J connectivity index is 3.25. The average molecular weight is 267 g/mol. The molecule has 2 nitrogen and oxygen atoms in total. The van der Waals surface area contributed by atoms with Gasteiger partial charge < -0.3 is 10.5 Å². The van der Waals surface area contributed by atoms with Gasteiger partial charge in [-0.1, -0.05) is 0 Å². The van der Waals surface area contributed by atoms with Gasteiger partial charge in [-0.25, -0.2) is 4.39 Å². The van der Waals surface area contributed by atoms with Gasteiger partial charge in [0.05, 0.1) is 10.7 Å². The molecule has 0 spiro atoms. The molecule has 4 heteroatoms. The fourth-order valence-corrected chi connectivity index (χ4v) is 1.15. The first kappa shape index (κ1) is 8.58. The quantitative estimate of drug-likeness (QED) is 0.624. The second-order valence-corrected chi connectivity index (χ2v) is 3.06. The number of halogens is 2. The van der Waals surface area contributed by atoms with Gasteiger partial charge in [-0.05, 0) is 34.7 Å². The molecule has 11 heavy (non-hydrogen) atoms. The van der Waals surface area contributed by atoms with E-state index in [9.17, 15) is 4.39 Å². The van der Waals surface area contributed by atoms with Gasteiger partial charge in [0.25, 0.3) is 0 Å². The molecule has 0 amide bonds. The summed E-state index contributed by atoms with van der Waals surface area (Å²) in [5.74, 6) is -0.170. The van der Waals surface area contributed by atoms with Crippen LogP contribution in [-0.2, 0) is 0 Å². The topological polar surface area (TPSA) is 35.2 Å². The Morgan fingerprint density at radius 3 is 2.73 bits per heavy atom. The normalized spacial score (nSPS) is 9.73. The number of anilines is 1. The summed E-state index contributed by atoms with van der Waals surface area (Å²) in [7, 11) is 1.42. The molecule has 60 valence electrons. The van der Waals surface area contributed by atoms with Gasteiger partial charge in [0.2, 0.25) is 0 Å². The Hall–Kier alpha value is -0.520. The zero-order chi connectivity index (χ0) is 8.43. The Morgan fingerprint density at radius 1 is 1.55 bits per heavy atom. The van der Waals surface area contributed by atoms with Crippen molar-refractivity contribution in [2.24, 2.45) is 0 Å². The zero-order valence-electron chi connectivity index (χ0n) is 5.90. The largest absolute Gasteiger partial charge is 0.494 e. The SMILES string of the molecule is COc1ccc(N)c(I)c1F. The molecule has 0 heterocycles. The lowest BCUT2D eigenvalue weighted by Crippen LogP contribution is -1.95. The maximum atomic E-state index is 13.1. The molecule has 0 aliphatic carbocycles. The Bertz CT molecular complexity index is 277. The third kappa shape index (κ3) is 1.55. The lowest BCUT2D eigenvalue weighted by molar-refractivity contribution is 0.385. The van der Waals surface area contributed by atoms with Crippen molar-refractivity contribution in [2.45, 2.75) is 0 Å². The average Bonchev–Trinajstić information content (AvgIpc) is 2.01. The number of rotatable bonds is 1. The van der Waals surface area contributed by atoms with Crippen LogP contribution in [0.25, 0.3) is 0 Å². The summed E-state index contributed by atoms with van der Waals surface area (Å²) in [5.41, 5.74) is 5.88. The van der Waals surface area contributed by atoms with E-state index < -0.39 is 5.82 Å². The highest BCUT2D eigenvalue weighted by Crippen LogP contribution is 2.26. The molecule has 1 aromatic carbocycles. The van der Waals surface area contributed by atoms with Crippen molar-refractivity contribution in [1.29, 1.82) is 0 Å². The predicted molar refractivity (Wildman–Crippen MR) is 50.1 cm³/mol. The van der Waals surface area contributed by atoms with Gasteiger partial charge in [-0.15, -0.1) is 0 Å². The van der Waals surface area contributed by atoms with Crippen LogP contribution in [0.3, 0.4) is 0 Å². The van der Waals surface area contributed by atoms with Crippen molar-refractivity contribution in [3.05, 3.63) is 21.5 Å². The number of benzene rings is 1. The number of hydrogen-bond acceptors (Lipinski definition) is 2. The molecule has 0 unspecified atom stereocenters. The van der Waals surface area contributed by atoms with Gasteiger partial charge in [0, 0.05) is 5.69 Å². The minimum Gasteiger partial charge on any atom is -0.494 e. The number of nitrogens with two attached hydrogens (primary N) is 1. The van der Waals surface area contributed by atoms with Crippen LogP contribution in [0.5, 0.6) is 5.75 Å². The van der Waals surface area contributed by atoms with E-state index in [1.165, 1.54) is 13.2 Å². The number of methoxy groups -OCH3 is 1. The van der Waals surface area contributed by atoms with Crippen molar-refractivity contribution >= 4 is 28.3 Å². The Labute approximate surface area is 77.7 Å². The maximum absolute atomic E-state index is 13.1. The monoisotopic (exact) mass is 267 g/mol. The van der Waals surface area contributed by atoms with E-state index in [2.05, 4.69) is 0 Å². The molecule has 0 saturated heterocycles. The first-order valence-corrected chi connectivity index (χ1v) is 4.02. The van der Waals surface area contributed by atoms with Crippen LogP contribution in [0, 0.1) is 9.39 Å². The third-order valence-corrected chi connectivity index (χ3v) is 2.39. The van der Waals surface area contributed by atoms with Gasteiger partial charge >= 0.3 is 0 Å². The second kappa shape index (κ2) is 3.25. The molecule has 0 fully saturated rings. The first-order chi connectivity index (χ1) is 5.16. The van der Waals surface area contributed by atoms with Crippen LogP contribution < -0.4 is 10.5 Å². The van der Waals surface area contributed by atoms with E-state index in [-0.39, 0.29) is 5.75 Å². The predicted octanol–water partition coefficient (Wildman–Crippen LogP) is 2.02. The molecule has 0 aliphatic rings. The van der Waals surface area contributed by atoms with Gasteiger partial charge in [-0.3, -0.25) is 0 Å². The summed E-state index contributed by atoms with van der Waals surface area (Å²) in [6.45, 7) is 0. The molecule has 0 aliphatic heterocycles. The fraction of sp³-hybridized carbons (Fsp3) is 0.143. The summed E-state index contributed by atoms with van der Waals surface area (Å²) in [6, 6.07) is 3.12. The first-order valence-electron chi connectivity index (χ1n) is 2.94. The number of ether oxygens (including phenoxy) is 1. The summed E-state index contributed by atoms with van der Waals surface area (Å²) in [4.78, 5) is 0. The van der Waals surface area contributed by atoms with E-state index in [0.29, 0.717) is 9.26 Å². The van der Waals surface area contributed by atoms with E-state index >= 15 is 0 Å². The highest BCUT2D eigenvalue weighted by molar-refractivity contribution is 14.1. The molecule has 0 bridgehead atoms. The summed E-state index contributed by atoms with van der Waals surface area (Å²) < 4.78 is 18.2. The third-order valence-electron chi connectivity index (χ3n) is 1.30. The minimum atomic E-state index is -0.395. The van der Waals surface area contributed by atoms with Crippen molar-refractivity contribution < 1.29 is 9.13 Å². The smallest absolute Gasteiger partial charge is 0.180 e. The summed E-state index contributed by atoms with van der Waals surface area (Å²) >= 11 is 1.84. The lowest BCUT2D eigenvalue weighted by atomic mass is 10.3. The van der Waals surface area contributed by atoms with Crippen molar-refractivity contribution in [3.8, 4) is 5.75 Å². The summed E-state index contributed by atoms with van der Waals surface area (Å²) in [5, 5.41) is 0. The van der Waals surface area contributed by atoms with Crippen molar-refractivity contribution in [1.82, 2.24) is 0 Å². The Morgan fingerprint density at radius 2 is 2.18 bits per heavy atom. The lowest BCUT2D eigenvalue weighted by Gasteiger charge is -2.04. The fourth-order valence-electron chi connectivity index (χ4n) is 0.704. The minimum absolute atomic E-state index is 0.226. The maximum Gasteiger partial charge on any atom is 0.180 e. The van der Waals surface area contributed by atoms with Gasteiger partial charge in [-0.2, -0.15) is 0 Å². The van der Waals surface area contributed by atoms with Gasteiger partial charge in [0.15, 0.2) is 11.6 Å². The van der Waals surface area contributed by atoms with Crippen molar-refractivity contribution in [3.63, 3.8) is 0 Å². The van der Waals surface area contributed by atoms with E-state index in [1.54, 1.807) is 6.07 Å². The highest BCUT2D eigenvalue weighted by Gasteiger charge is 2.08. The summed E-state index contributed by atoms with van der Waals surface area (Å²) in [6.07, 6.45) is 0. The molecule has 0 aromatic heterocycles. The van der Waals surface area contributed by atoms with E-state index in [1.807, 2.05) is 22.6 Å². The molecule has 1 aromatic rings. The number of nitrogen functional groups attached to an aromatic ring is 1. The van der Waals surface area contributed by atoms with Crippen LogP contribution in [-0.4, -0.2) is 7.11 Å². The number of hydrogen-bond donors (Lipinski definition) is 1. The zero-order valence-corrected chi connectivity index (χ0v) is 8.05. The molecular weight excluding hydrogens is 260 g/mol. The van der Waals surface area contributed by atoms with Crippen LogP contribution in [0.2, 0.25) is 0 Å². The van der Waals surface area contributed by atoms with E-state index in [4.69, 9.17) is 10.5 Å². The molecule has 0 atom stereocenters. The molecule has 0 saturated carbocycles. The van der Waals surface area contributed by atoms with Crippen LogP contribution in [0.15, 0.2) is 12.1 Å². The molecular formula is C7H7FINO.